The fourth-order valence-electron chi connectivity index (χ4n) is 0.522. The van der Waals surface area contributed by atoms with Crippen molar-refractivity contribution >= 4 is 59.1 Å². The second-order valence-electron chi connectivity index (χ2n) is 1.94. The number of hydrogen-bond donors (Lipinski definition) is 0. The second kappa shape index (κ2) is 8.21. The Morgan fingerprint density at radius 3 is 1.08 bits per heavy atom. The van der Waals surface area contributed by atoms with Crippen LogP contribution >= 0.6 is 35.5 Å². The van der Waals surface area contributed by atoms with E-state index >= 15 is 0 Å². The summed E-state index contributed by atoms with van der Waals surface area (Å²) in [5.41, 5.74) is 0. The fourth-order valence-corrected chi connectivity index (χ4v) is 1.46. The second-order valence-corrected chi connectivity index (χ2v) is 2.86. The van der Waals surface area contributed by atoms with E-state index in [1.54, 1.807) is 23.7 Å². The molecule has 0 heterocycles. The van der Waals surface area contributed by atoms with Crippen LogP contribution in [0, 0.1) is 0 Å². The van der Waals surface area contributed by atoms with Gasteiger partial charge in [-0.05, 0) is 35.5 Å². The van der Waals surface area contributed by atoms with Crippen molar-refractivity contribution < 1.29 is 0 Å². The Kier molecular flexibility index (Phi) is 8.62. The fraction of sp³-hybridized carbons (Fsp3) is 0.333. The van der Waals surface area contributed by atoms with E-state index in [1.165, 1.54) is 0 Å². The van der Waals surface area contributed by atoms with Crippen LogP contribution in [0.15, 0.2) is 0 Å². The van der Waals surface area contributed by atoms with Crippen LogP contribution in [-0.2, 0) is 0 Å². The first-order valence-corrected chi connectivity index (χ1v) is 5.26. The van der Waals surface area contributed by atoms with Crippen LogP contribution in [0.5, 0.6) is 0 Å². The summed E-state index contributed by atoms with van der Waals surface area (Å²) in [4.78, 5) is 3.68. The van der Waals surface area contributed by atoms with Crippen molar-refractivity contribution in [3.63, 3.8) is 0 Å². The molecule has 0 fully saturated rings. The maximum atomic E-state index is 4.00. The predicted molar refractivity (Wildman–Crippen MR) is 65.3 cm³/mol. The highest BCUT2D eigenvalue weighted by molar-refractivity contribution is 7.20. The highest BCUT2D eigenvalue weighted by Gasteiger charge is 1.98. The molecule has 0 N–H and O–H groups in total. The summed E-state index contributed by atoms with van der Waals surface area (Å²) in [5, 5.41) is 0. The van der Waals surface area contributed by atoms with Crippen molar-refractivity contribution in [2.45, 2.75) is 0 Å². The van der Waals surface area contributed by atoms with Gasteiger partial charge in [-0.3, -0.25) is 0 Å². The lowest BCUT2D eigenvalue weighted by molar-refractivity contribution is 0.551. The van der Waals surface area contributed by atoms with E-state index in [2.05, 4.69) is 35.5 Å². The summed E-state index contributed by atoms with van der Waals surface area (Å²) >= 11 is 0. The zero-order valence-corrected chi connectivity index (χ0v) is 9.98. The maximum Gasteiger partial charge on any atom is 0.0212 e. The van der Waals surface area contributed by atoms with Crippen molar-refractivity contribution in [1.82, 2.24) is 9.80 Å². The Morgan fingerprint density at radius 2 is 0.917 bits per heavy atom. The van der Waals surface area contributed by atoms with Crippen molar-refractivity contribution in [1.29, 1.82) is 0 Å². The number of rotatable bonds is 7. The third-order valence-corrected chi connectivity index (χ3v) is 2.40. The van der Waals surface area contributed by atoms with Gasteiger partial charge < -0.3 is 0 Å². The first-order valence-electron chi connectivity index (χ1n) is 3.20. The summed E-state index contributed by atoms with van der Waals surface area (Å²) in [6, 6.07) is 0. The van der Waals surface area contributed by atoms with Gasteiger partial charge in [0.2, 0.25) is 0 Å². The van der Waals surface area contributed by atoms with Crippen molar-refractivity contribution in [2.24, 2.45) is 0 Å². The molecule has 0 amide bonds. The van der Waals surface area contributed by atoms with Crippen LogP contribution in [0.1, 0.15) is 0 Å². The zero-order chi connectivity index (χ0) is 9.40. The molecule has 0 bridgehead atoms. The Labute approximate surface area is 82.4 Å². The minimum absolute atomic E-state index is 0.793. The molecule has 0 unspecified atom stereocenters. The van der Waals surface area contributed by atoms with Gasteiger partial charge in [0.1, 0.15) is 0 Å². The molecule has 4 radical (unpaired) electrons. The third-order valence-electron chi connectivity index (χ3n) is 1.21. The van der Waals surface area contributed by atoms with Crippen molar-refractivity contribution in [3.05, 3.63) is 0 Å². The SMILES string of the molecule is [P]=CN(C=[P])CCN(C=[P])C=[P]. The molecule has 0 aromatic rings. The molecule has 2 nitrogen and oxygen atoms in total. The highest BCUT2D eigenvalue weighted by Crippen LogP contribution is 1.86. The van der Waals surface area contributed by atoms with Crippen molar-refractivity contribution in [2.75, 3.05) is 13.1 Å². The molecule has 6 heteroatoms. The summed E-state index contributed by atoms with van der Waals surface area (Å²) in [6.45, 7) is 1.59. The van der Waals surface area contributed by atoms with Crippen LogP contribution in [-0.4, -0.2) is 46.6 Å². The maximum absolute atomic E-state index is 4.00. The van der Waals surface area contributed by atoms with Crippen molar-refractivity contribution in [3.8, 4) is 0 Å². The summed E-state index contributed by atoms with van der Waals surface area (Å²) < 4.78 is 0. The lowest BCUT2D eigenvalue weighted by Crippen LogP contribution is -2.30. The Morgan fingerprint density at radius 1 is 0.667 bits per heavy atom. The topological polar surface area (TPSA) is 6.48 Å². The normalized spacial score (nSPS) is 9.83. The Hall–Kier alpha value is 0.600. The van der Waals surface area contributed by atoms with E-state index < -0.39 is 0 Å². The van der Waals surface area contributed by atoms with E-state index in [1.807, 2.05) is 9.80 Å². The van der Waals surface area contributed by atoms with Crippen LogP contribution in [0.2, 0.25) is 0 Å². The lowest BCUT2D eigenvalue weighted by atomic mass is 10.5. The van der Waals surface area contributed by atoms with E-state index in [0.717, 1.165) is 13.1 Å². The van der Waals surface area contributed by atoms with E-state index in [9.17, 15) is 0 Å². The van der Waals surface area contributed by atoms with Gasteiger partial charge in [-0.25, -0.2) is 9.80 Å². The van der Waals surface area contributed by atoms with Gasteiger partial charge in [0.15, 0.2) is 0 Å². The van der Waals surface area contributed by atoms with Crippen LogP contribution in [0.4, 0.5) is 0 Å². The molecular weight excluding hydrogens is 224 g/mol. The first-order chi connectivity index (χ1) is 5.78. The minimum Gasteiger partial charge on any atom is -0.248 e. The molecule has 0 rings (SSSR count). The van der Waals surface area contributed by atoms with Gasteiger partial charge in [0.05, 0.1) is 0 Å². The minimum atomic E-state index is 0.793. The number of nitrogens with zero attached hydrogens (tertiary/aromatic N) is 2. The lowest BCUT2D eigenvalue weighted by Gasteiger charge is -2.14. The zero-order valence-electron chi connectivity index (χ0n) is 6.41. The molecular formula is C6H8N2P4. The standard InChI is InChI=1S/C6H8N2P4/c9-3-7(4-10)1-2-8(5-11)6-12/h3-6H,1-2H2. The van der Waals surface area contributed by atoms with Crippen LogP contribution in [0.25, 0.3) is 0 Å². The molecule has 0 aliphatic heterocycles. The van der Waals surface area contributed by atoms with Gasteiger partial charge in [-0.15, -0.1) is 0 Å². The molecule has 0 spiro atoms. The first kappa shape index (κ1) is 12.6. The molecule has 0 saturated heterocycles. The average molecular weight is 232 g/mol. The van der Waals surface area contributed by atoms with Gasteiger partial charge in [0, 0.05) is 36.8 Å². The number of hydrogen-bond acceptors (Lipinski definition) is 0. The highest BCUT2D eigenvalue weighted by atomic mass is 31.0. The van der Waals surface area contributed by atoms with E-state index in [0.29, 0.717) is 0 Å². The van der Waals surface area contributed by atoms with Gasteiger partial charge in [-0.1, -0.05) is 0 Å². The molecule has 62 valence electrons. The van der Waals surface area contributed by atoms with E-state index in [4.69, 9.17) is 0 Å². The molecule has 0 aliphatic carbocycles. The molecule has 12 heavy (non-hydrogen) atoms. The van der Waals surface area contributed by atoms with E-state index in [-0.39, 0.29) is 0 Å². The quantitative estimate of drug-likeness (QED) is 0.621. The Balaban J connectivity index is 3.77. The predicted octanol–water partition coefficient (Wildman–Crippen LogP) is 2.27. The molecule has 0 aromatic heterocycles. The van der Waals surface area contributed by atoms with Gasteiger partial charge >= 0.3 is 0 Å². The monoisotopic (exact) mass is 232 g/mol. The molecule has 0 aliphatic rings. The third kappa shape index (κ3) is 5.28. The van der Waals surface area contributed by atoms with Crippen LogP contribution in [0.3, 0.4) is 0 Å². The molecule has 0 aromatic carbocycles. The molecule has 0 saturated carbocycles. The Bertz CT molecular complexity index is 146. The van der Waals surface area contributed by atoms with Crippen LogP contribution < -0.4 is 0 Å². The summed E-state index contributed by atoms with van der Waals surface area (Å²) in [5.74, 6) is 6.62. The molecule has 0 atom stereocenters. The summed E-state index contributed by atoms with van der Waals surface area (Å²) in [6.07, 6.45) is 0. The van der Waals surface area contributed by atoms with Gasteiger partial charge in [0.25, 0.3) is 0 Å². The van der Waals surface area contributed by atoms with Gasteiger partial charge in [-0.2, -0.15) is 0 Å². The summed E-state index contributed by atoms with van der Waals surface area (Å²) in [7, 11) is 16.0. The largest absolute Gasteiger partial charge is 0.248 e. The average Bonchev–Trinajstić information content (AvgIpc) is 2.13. The smallest absolute Gasteiger partial charge is 0.0212 e.